The Kier molecular flexibility index (Phi) is 10.6. The third kappa shape index (κ3) is 8.21. The third-order valence-corrected chi connectivity index (χ3v) is 4.88. The third-order valence-electron chi connectivity index (χ3n) is 4.88. The summed E-state index contributed by atoms with van der Waals surface area (Å²) in [7, 11) is 1.89. The largest absolute Gasteiger partial charge is 2.00 e. The van der Waals surface area contributed by atoms with Gasteiger partial charge in [0.25, 0.3) is 0 Å². The van der Waals surface area contributed by atoms with Crippen LogP contribution in [-0.2, 0) is 11.8 Å². The van der Waals surface area contributed by atoms with Gasteiger partial charge in [0.15, 0.2) is 0 Å². The minimum atomic E-state index is -0.520. The molecule has 1 aliphatic carbocycles. The van der Waals surface area contributed by atoms with E-state index in [1.54, 1.807) is 42.2 Å². The number of rotatable bonds is 3. The van der Waals surface area contributed by atoms with Gasteiger partial charge in [0.1, 0.15) is 0 Å². The van der Waals surface area contributed by atoms with Crippen LogP contribution >= 0.6 is 0 Å². The van der Waals surface area contributed by atoms with E-state index in [1.165, 1.54) is 6.42 Å². The smallest absolute Gasteiger partial charge is 0.383 e. The molecule has 0 atom stereocenters. The van der Waals surface area contributed by atoms with E-state index in [-0.39, 0.29) is 42.9 Å². The zero-order valence-electron chi connectivity index (χ0n) is 18.3. The monoisotopic (exact) mass is 656 g/mol. The van der Waals surface area contributed by atoms with Crippen LogP contribution in [0.15, 0.2) is 42.9 Å². The molecule has 0 aromatic carbocycles. The molecule has 3 aromatic rings. The van der Waals surface area contributed by atoms with E-state index in [1.807, 2.05) is 19.3 Å². The summed E-state index contributed by atoms with van der Waals surface area (Å²) in [5, 5.41) is 8.98. The molecule has 0 spiro atoms. The number of hydrogen-bond donors (Lipinski definition) is 2. The normalized spacial score (nSPS) is 13.2. The number of aromatic nitrogens is 4. The number of pyridine rings is 2. The number of urea groups is 1. The van der Waals surface area contributed by atoms with Gasteiger partial charge in [-0.3, -0.25) is 19.8 Å². The van der Waals surface area contributed by atoms with Crippen molar-refractivity contribution >= 4 is 17.8 Å². The Labute approximate surface area is 212 Å². The molecule has 1 fully saturated rings. The predicted octanol–water partition coefficient (Wildman–Crippen LogP) is 3.70. The molecule has 3 aromatic heterocycles. The van der Waals surface area contributed by atoms with E-state index in [0.717, 1.165) is 36.9 Å². The first-order chi connectivity index (χ1) is 15.0. The summed E-state index contributed by atoms with van der Waals surface area (Å²) in [4.78, 5) is 31.8. The molecular formula is C23H26N6O2U. The molecule has 0 saturated heterocycles. The molecule has 1 aliphatic rings. The van der Waals surface area contributed by atoms with Crippen molar-refractivity contribution in [3.8, 4) is 11.3 Å². The molecule has 3 heterocycles. The van der Waals surface area contributed by atoms with Gasteiger partial charge >= 0.3 is 37.1 Å². The van der Waals surface area contributed by atoms with Crippen LogP contribution < -0.4 is 10.6 Å². The van der Waals surface area contributed by atoms with Gasteiger partial charge in [-0.05, 0) is 31.0 Å². The van der Waals surface area contributed by atoms with E-state index >= 15 is 0 Å². The Bertz CT molecular complexity index is 1000. The number of amides is 3. The maximum atomic E-state index is 11.9. The fourth-order valence-corrected chi connectivity index (χ4v) is 3.32. The van der Waals surface area contributed by atoms with Crippen molar-refractivity contribution in [2.24, 2.45) is 13.0 Å². The van der Waals surface area contributed by atoms with Crippen LogP contribution in [-0.4, -0.2) is 31.7 Å². The minimum Gasteiger partial charge on any atom is -0.383 e. The minimum absolute atomic E-state index is 0. The summed E-state index contributed by atoms with van der Waals surface area (Å²) >= 11 is 0. The Morgan fingerprint density at radius 1 is 1.19 bits per heavy atom. The van der Waals surface area contributed by atoms with Crippen molar-refractivity contribution in [1.29, 1.82) is 0 Å². The second-order valence-electron chi connectivity index (χ2n) is 7.38. The number of anilines is 1. The maximum absolute atomic E-state index is 11.9. The molecule has 2 N–H and O–H groups in total. The number of aryl methyl sites for hydroxylation is 2. The first-order valence-electron chi connectivity index (χ1n) is 10.3. The molecule has 0 unspecified atom stereocenters. The summed E-state index contributed by atoms with van der Waals surface area (Å²) in [6.07, 6.45) is 10.5. The van der Waals surface area contributed by atoms with Crippen LogP contribution in [0.4, 0.5) is 10.6 Å². The van der Waals surface area contributed by atoms with Crippen molar-refractivity contribution in [3.05, 3.63) is 60.7 Å². The molecule has 3 amide bonds. The van der Waals surface area contributed by atoms with E-state index in [0.29, 0.717) is 11.5 Å². The standard InChI is InChI=1S/C14H18N3O2.C9H8N3.U/c1-10-6-5-9-12(15-10)16-14(19)17-13(18)11-7-3-2-4-8-11;1-12-7-8(6-11-12)9-4-2-3-5-10-9;/h5,9,11H,2-4,7-8H2,1H3,(H2,15,16,17,18,19);3-7H,1H3;/q2*-1;+2. The van der Waals surface area contributed by atoms with Crippen LogP contribution in [0, 0.1) is 56.1 Å². The SMILES string of the molecule is Cc1[c-]ccc(NC(=O)NC(=O)C2CCCCC2)n1.Cn1cc(-c2c[c-]ccn2)cn1.[U+2]. The van der Waals surface area contributed by atoms with Crippen LogP contribution in [0.25, 0.3) is 11.3 Å². The molecule has 0 bridgehead atoms. The second kappa shape index (κ2) is 13.1. The Morgan fingerprint density at radius 3 is 2.59 bits per heavy atom. The van der Waals surface area contributed by atoms with Gasteiger partial charge < -0.3 is 10.3 Å². The van der Waals surface area contributed by atoms with Crippen molar-refractivity contribution in [1.82, 2.24) is 25.1 Å². The van der Waals surface area contributed by atoms with Gasteiger partial charge in [-0.15, -0.1) is 0 Å². The van der Waals surface area contributed by atoms with Gasteiger partial charge in [-0.25, -0.2) is 16.9 Å². The summed E-state index contributed by atoms with van der Waals surface area (Å²) in [5.41, 5.74) is 2.62. The van der Waals surface area contributed by atoms with E-state index in [2.05, 4.69) is 37.8 Å². The summed E-state index contributed by atoms with van der Waals surface area (Å²) < 4.78 is 1.75. The number of carbonyl (C=O) groups excluding carboxylic acids is 2. The summed E-state index contributed by atoms with van der Waals surface area (Å²) in [5.74, 6) is 0.208. The van der Waals surface area contributed by atoms with E-state index < -0.39 is 6.03 Å². The topological polar surface area (TPSA) is 102 Å². The zero-order chi connectivity index (χ0) is 22.1. The van der Waals surface area contributed by atoms with Crippen molar-refractivity contribution in [2.75, 3.05) is 5.32 Å². The molecule has 32 heavy (non-hydrogen) atoms. The molecule has 164 valence electrons. The number of hydrogen-bond acceptors (Lipinski definition) is 5. The maximum Gasteiger partial charge on any atom is 2.00 e. The molecule has 1 saturated carbocycles. The molecule has 0 aliphatic heterocycles. The zero-order valence-corrected chi connectivity index (χ0v) is 22.4. The van der Waals surface area contributed by atoms with Gasteiger partial charge in [0, 0.05) is 31.2 Å². The van der Waals surface area contributed by atoms with Crippen LogP contribution in [0.3, 0.4) is 0 Å². The van der Waals surface area contributed by atoms with Crippen molar-refractivity contribution in [3.63, 3.8) is 0 Å². The van der Waals surface area contributed by atoms with E-state index in [9.17, 15) is 9.59 Å². The first kappa shape index (κ1) is 25.8. The van der Waals surface area contributed by atoms with Crippen molar-refractivity contribution < 1.29 is 40.7 Å². The molecule has 9 heteroatoms. The number of carbonyl (C=O) groups is 2. The molecular weight excluding hydrogens is 630 g/mol. The molecule has 4 rings (SSSR count). The quantitative estimate of drug-likeness (QED) is 0.419. The molecule has 0 radical (unpaired) electrons. The number of imide groups is 1. The Balaban J connectivity index is 0.000000241. The van der Waals surface area contributed by atoms with Gasteiger partial charge in [-0.1, -0.05) is 31.2 Å². The van der Waals surface area contributed by atoms with Gasteiger partial charge in [-0.2, -0.15) is 29.4 Å². The first-order valence-corrected chi connectivity index (χ1v) is 10.3. The average Bonchev–Trinajstić information content (AvgIpc) is 3.22. The summed E-state index contributed by atoms with van der Waals surface area (Å²) in [6.45, 7) is 1.79. The van der Waals surface area contributed by atoms with Crippen LogP contribution in [0.2, 0.25) is 0 Å². The summed E-state index contributed by atoms with van der Waals surface area (Å²) in [6, 6.07) is 12.3. The van der Waals surface area contributed by atoms with Crippen LogP contribution in [0.5, 0.6) is 0 Å². The number of nitrogens with one attached hydrogen (secondary N) is 2. The predicted molar refractivity (Wildman–Crippen MR) is 117 cm³/mol. The molecule has 8 nitrogen and oxygen atoms in total. The van der Waals surface area contributed by atoms with Crippen LogP contribution in [0.1, 0.15) is 37.8 Å². The second-order valence-corrected chi connectivity index (χ2v) is 7.38. The fraction of sp³-hybridized carbons (Fsp3) is 0.348. The average molecular weight is 657 g/mol. The van der Waals surface area contributed by atoms with Gasteiger partial charge in [0.2, 0.25) is 5.91 Å². The number of nitrogens with zero attached hydrogens (tertiary/aromatic N) is 4. The van der Waals surface area contributed by atoms with E-state index in [4.69, 9.17) is 0 Å². The van der Waals surface area contributed by atoms with Crippen molar-refractivity contribution in [2.45, 2.75) is 39.0 Å². The van der Waals surface area contributed by atoms with Gasteiger partial charge in [0.05, 0.1) is 0 Å². The Hall–Kier alpha value is -2.50. The Morgan fingerprint density at radius 2 is 1.97 bits per heavy atom. The fourth-order valence-electron chi connectivity index (χ4n) is 3.32.